The zero-order chi connectivity index (χ0) is 27.6. The van der Waals surface area contributed by atoms with E-state index in [-0.39, 0.29) is 17.3 Å². The molecule has 4 aromatic rings. The van der Waals surface area contributed by atoms with Crippen molar-refractivity contribution < 1.29 is 17.6 Å². The van der Waals surface area contributed by atoms with Gasteiger partial charge in [-0.1, -0.05) is 68.2 Å². The number of thioether (sulfide) groups is 1. The summed E-state index contributed by atoms with van der Waals surface area (Å²) in [7, 11) is -3.67. The number of nitrogens with zero attached hydrogens (tertiary/aromatic N) is 4. The highest BCUT2D eigenvalue weighted by Crippen LogP contribution is 2.36. The number of carbonyl (C=O) groups excluding carboxylic acids is 1. The Labute approximate surface area is 237 Å². The molecule has 0 spiro atoms. The first-order valence-electron chi connectivity index (χ1n) is 12.3. The Morgan fingerprint density at radius 3 is 2.51 bits per heavy atom. The Morgan fingerprint density at radius 1 is 1.05 bits per heavy atom. The van der Waals surface area contributed by atoms with Gasteiger partial charge in [-0.2, -0.15) is 9.40 Å². The van der Waals surface area contributed by atoms with Crippen molar-refractivity contribution in [2.45, 2.75) is 25.3 Å². The maximum atomic E-state index is 13.3. The zero-order valence-corrected chi connectivity index (χ0v) is 23.8. The highest BCUT2D eigenvalue weighted by molar-refractivity contribution is 8.26. The van der Waals surface area contributed by atoms with Crippen molar-refractivity contribution in [2.24, 2.45) is 0 Å². The summed E-state index contributed by atoms with van der Waals surface area (Å²) in [6.07, 6.45) is 5.14. The van der Waals surface area contributed by atoms with Gasteiger partial charge in [0.1, 0.15) is 15.8 Å². The number of aromatic nitrogens is 2. The molecular formula is C28H26N4O4S3. The number of carbonyl (C=O) groups is 1. The van der Waals surface area contributed by atoms with Crippen LogP contribution in [0.15, 0.2) is 93.4 Å². The van der Waals surface area contributed by atoms with Crippen molar-refractivity contribution in [2.75, 3.05) is 13.1 Å². The van der Waals surface area contributed by atoms with E-state index in [9.17, 15) is 13.2 Å². The minimum atomic E-state index is -3.67. The molecule has 0 atom stereocenters. The molecule has 0 N–H and O–H groups in total. The highest BCUT2D eigenvalue weighted by atomic mass is 32.2. The van der Waals surface area contributed by atoms with Crippen molar-refractivity contribution in [3.8, 4) is 16.9 Å². The van der Waals surface area contributed by atoms with Crippen LogP contribution in [0.3, 0.4) is 0 Å². The number of thiocarbonyl (C=S) groups is 1. The van der Waals surface area contributed by atoms with Gasteiger partial charge in [-0.25, -0.2) is 13.1 Å². The summed E-state index contributed by atoms with van der Waals surface area (Å²) in [4.78, 5) is 15.4. The van der Waals surface area contributed by atoms with E-state index in [2.05, 4.69) is 0 Å². The van der Waals surface area contributed by atoms with Crippen LogP contribution in [-0.4, -0.2) is 50.7 Å². The van der Waals surface area contributed by atoms with E-state index in [1.807, 2.05) is 56.4 Å². The second-order valence-corrected chi connectivity index (χ2v) is 12.3. The van der Waals surface area contributed by atoms with E-state index in [4.69, 9.17) is 21.7 Å². The van der Waals surface area contributed by atoms with Crippen LogP contribution >= 0.6 is 24.0 Å². The van der Waals surface area contributed by atoms with Crippen LogP contribution in [0.4, 0.5) is 0 Å². The van der Waals surface area contributed by atoms with Gasteiger partial charge in [0.2, 0.25) is 10.0 Å². The molecule has 0 saturated carbocycles. The van der Waals surface area contributed by atoms with Crippen molar-refractivity contribution >= 4 is 50.3 Å². The molecule has 0 bridgehead atoms. The Kier molecular flexibility index (Phi) is 7.85. The maximum absolute atomic E-state index is 13.3. The molecule has 11 heteroatoms. The van der Waals surface area contributed by atoms with Crippen molar-refractivity contribution in [3.05, 3.63) is 95.4 Å². The standard InChI is InChI=1S/C28H26N4O4S3/c1-3-30(4-2)39(34,35)24-14-8-10-20(16-24)26-21(18-32(29-26)22-11-6-5-7-12-22)17-25-27(33)31(28(37)38-25)19-23-13-9-15-36-23/h5-18H,3-4,19H2,1-2H3/b25-17-. The van der Waals surface area contributed by atoms with Gasteiger partial charge in [-0.15, -0.1) is 0 Å². The Balaban J connectivity index is 1.58. The lowest BCUT2D eigenvalue weighted by Crippen LogP contribution is -2.30. The summed E-state index contributed by atoms with van der Waals surface area (Å²) < 4.78 is 35.4. The Morgan fingerprint density at radius 2 is 1.82 bits per heavy atom. The first-order chi connectivity index (χ1) is 18.8. The molecule has 39 heavy (non-hydrogen) atoms. The minimum absolute atomic E-state index is 0.189. The lowest BCUT2D eigenvalue weighted by molar-refractivity contribution is -0.122. The normalized spacial score (nSPS) is 15.2. The fraction of sp³-hybridized carbons (Fsp3) is 0.179. The van der Waals surface area contributed by atoms with Crippen LogP contribution in [0.25, 0.3) is 23.0 Å². The molecular weight excluding hydrogens is 553 g/mol. The molecule has 8 nitrogen and oxygen atoms in total. The lowest BCUT2D eigenvalue weighted by atomic mass is 10.1. The van der Waals surface area contributed by atoms with Crippen molar-refractivity contribution in [1.82, 2.24) is 19.0 Å². The minimum Gasteiger partial charge on any atom is -0.467 e. The maximum Gasteiger partial charge on any atom is 0.266 e. The number of hydrogen-bond donors (Lipinski definition) is 0. The summed E-state index contributed by atoms with van der Waals surface area (Å²) in [6.45, 7) is 4.61. The fourth-order valence-corrected chi connectivity index (χ4v) is 7.03. The lowest BCUT2D eigenvalue weighted by Gasteiger charge is -2.18. The predicted octanol–water partition coefficient (Wildman–Crippen LogP) is 5.56. The molecule has 1 amide bonds. The van der Waals surface area contributed by atoms with Gasteiger partial charge < -0.3 is 4.42 Å². The monoisotopic (exact) mass is 578 g/mol. The molecule has 200 valence electrons. The molecule has 0 radical (unpaired) electrons. The number of hydrogen-bond acceptors (Lipinski definition) is 7. The first-order valence-corrected chi connectivity index (χ1v) is 15.0. The van der Waals surface area contributed by atoms with Crippen LogP contribution in [0, 0.1) is 0 Å². The van der Waals surface area contributed by atoms with E-state index in [1.165, 1.54) is 21.0 Å². The quantitative estimate of drug-likeness (QED) is 0.190. The van der Waals surface area contributed by atoms with Gasteiger partial charge in [-0.3, -0.25) is 9.69 Å². The van der Waals surface area contributed by atoms with E-state index >= 15 is 0 Å². The van der Waals surface area contributed by atoms with Crippen LogP contribution < -0.4 is 0 Å². The third-order valence-electron chi connectivity index (χ3n) is 6.27. The third-order valence-corrected chi connectivity index (χ3v) is 9.69. The summed E-state index contributed by atoms with van der Waals surface area (Å²) >= 11 is 6.70. The molecule has 5 rings (SSSR count). The molecule has 1 fully saturated rings. The van der Waals surface area contributed by atoms with Gasteiger partial charge in [-0.05, 0) is 42.5 Å². The summed E-state index contributed by atoms with van der Waals surface area (Å²) in [5.41, 5.74) is 2.66. The highest BCUT2D eigenvalue weighted by Gasteiger charge is 2.33. The molecule has 2 aromatic heterocycles. The molecule has 3 heterocycles. The van der Waals surface area contributed by atoms with Gasteiger partial charge in [0.15, 0.2) is 0 Å². The van der Waals surface area contributed by atoms with Crippen LogP contribution in [-0.2, 0) is 21.4 Å². The molecule has 2 aromatic carbocycles. The topological polar surface area (TPSA) is 88.7 Å². The number of para-hydroxylation sites is 1. The van der Waals surface area contributed by atoms with Crippen LogP contribution in [0.2, 0.25) is 0 Å². The Hall–Kier alpha value is -3.51. The van der Waals surface area contributed by atoms with Gasteiger partial charge in [0.25, 0.3) is 5.91 Å². The second kappa shape index (κ2) is 11.3. The largest absolute Gasteiger partial charge is 0.467 e. The van der Waals surface area contributed by atoms with E-state index in [1.54, 1.807) is 47.4 Å². The SMILES string of the molecule is CCN(CC)S(=O)(=O)c1cccc(-c2nn(-c3ccccc3)cc2/C=C2\SC(=S)N(Cc3ccco3)C2=O)c1. The smallest absolute Gasteiger partial charge is 0.266 e. The van der Waals surface area contributed by atoms with E-state index in [0.717, 1.165) is 5.69 Å². The number of furan rings is 1. The Bertz CT molecular complexity index is 1640. The van der Waals surface area contributed by atoms with E-state index < -0.39 is 10.0 Å². The molecule has 0 unspecified atom stereocenters. The number of amides is 1. The van der Waals surface area contributed by atoms with Gasteiger partial charge >= 0.3 is 0 Å². The number of rotatable bonds is 9. The van der Waals surface area contributed by atoms with Crippen molar-refractivity contribution in [3.63, 3.8) is 0 Å². The zero-order valence-electron chi connectivity index (χ0n) is 21.4. The number of benzene rings is 2. The van der Waals surface area contributed by atoms with Crippen LogP contribution in [0.5, 0.6) is 0 Å². The fourth-order valence-electron chi connectivity index (χ4n) is 4.28. The third kappa shape index (κ3) is 5.48. The molecule has 1 aliphatic rings. The first kappa shape index (κ1) is 27.1. The van der Waals surface area contributed by atoms with Crippen LogP contribution in [0.1, 0.15) is 25.2 Å². The van der Waals surface area contributed by atoms with E-state index in [0.29, 0.717) is 44.9 Å². The number of sulfonamides is 1. The average Bonchev–Trinajstić information content (AvgIpc) is 3.67. The molecule has 1 saturated heterocycles. The summed E-state index contributed by atoms with van der Waals surface area (Å²) in [5.74, 6) is 0.411. The van der Waals surface area contributed by atoms with Gasteiger partial charge in [0.05, 0.1) is 28.3 Å². The predicted molar refractivity (Wildman–Crippen MR) is 157 cm³/mol. The van der Waals surface area contributed by atoms with Crippen molar-refractivity contribution in [1.29, 1.82) is 0 Å². The molecule has 0 aliphatic carbocycles. The molecule has 1 aliphatic heterocycles. The van der Waals surface area contributed by atoms with Gasteiger partial charge in [0, 0.05) is 30.4 Å². The average molecular weight is 579 g/mol. The second-order valence-electron chi connectivity index (χ2n) is 8.68. The summed E-state index contributed by atoms with van der Waals surface area (Å²) in [6, 6.07) is 19.9. The summed E-state index contributed by atoms with van der Waals surface area (Å²) in [5, 5.41) is 4.81.